The van der Waals surface area contributed by atoms with E-state index in [4.69, 9.17) is 9.47 Å². The molecule has 0 N–H and O–H groups in total. The Bertz CT molecular complexity index is 1460. The van der Waals surface area contributed by atoms with Crippen LogP contribution >= 0.6 is 0 Å². The van der Waals surface area contributed by atoms with E-state index in [0.717, 1.165) is 11.1 Å². The van der Waals surface area contributed by atoms with Crippen LogP contribution < -0.4 is 9.47 Å². The van der Waals surface area contributed by atoms with E-state index in [1.807, 2.05) is 0 Å². The Labute approximate surface area is 207 Å². The number of esters is 2. The van der Waals surface area contributed by atoms with Crippen LogP contribution in [0.2, 0.25) is 0 Å². The summed E-state index contributed by atoms with van der Waals surface area (Å²) < 4.78 is 11.2. The Hall–Kier alpha value is -4.84. The number of carbonyl (C=O) groups excluding carboxylic acids is 4. The van der Waals surface area contributed by atoms with Crippen LogP contribution in [0.4, 0.5) is 0 Å². The Balaban J connectivity index is 1.52. The van der Waals surface area contributed by atoms with Crippen LogP contribution in [-0.2, 0) is 0 Å². The van der Waals surface area contributed by atoms with Crippen molar-refractivity contribution < 1.29 is 28.7 Å². The molecule has 0 saturated heterocycles. The molecule has 0 amide bonds. The third-order valence-corrected chi connectivity index (χ3v) is 6.13. The fourth-order valence-electron chi connectivity index (χ4n) is 4.26. The molecule has 0 saturated carbocycles. The summed E-state index contributed by atoms with van der Waals surface area (Å²) in [5.41, 5.74) is 2.30. The second-order valence-corrected chi connectivity index (χ2v) is 8.42. The topological polar surface area (TPSA) is 86.7 Å². The second-order valence-electron chi connectivity index (χ2n) is 8.42. The van der Waals surface area contributed by atoms with Gasteiger partial charge in [-0.15, -0.1) is 0 Å². The number of carbonyl (C=O) groups is 4. The van der Waals surface area contributed by atoms with Gasteiger partial charge in [0.2, 0.25) is 0 Å². The van der Waals surface area contributed by atoms with Crippen molar-refractivity contribution in [1.29, 1.82) is 0 Å². The summed E-state index contributed by atoms with van der Waals surface area (Å²) in [6.45, 7) is 3.56. The van der Waals surface area contributed by atoms with Crippen LogP contribution in [-0.4, -0.2) is 23.5 Å². The quantitative estimate of drug-likeness (QED) is 0.251. The first-order valence-electron chi connectivity index (χ1n) is 11.3. The molecular weight excluding hydrogens is 456 g/mol. The maximum atomic E-state index is 13.5. The van der Waals surface area contributed by atoms with Crippen molar-refractivity contribution in [2.24, 2.45) is 0 Å². The van der Waals surface area contributed by atoms with Crippen molar-refractivity contribution >= 4 is 23.5 Å². The Morgan fingerprint density at radius 1 is 0.528 bits per heavy atom. The van der Waals surface area contributed by atoms with E-state index in [1.165, 1.54) is 36.4 Å². The summed E-state index contributed by atoms with van der Waals surface area (Å²) >= 11 is 0. The van der Waals surface area contributed by atoms with E-state index < -0.39 is 23.5 Å². The van der Waals surface area contributed by atoms with Gasteiger partial charge in [0.05, 0.1) is 22.3 Å². The highest BCUT2D eigenvalue weighted by molar-refractivity contribution is 6.30. The average molecular weight is 476 g/mol. The van der Waals surface area contributed by atoms with Crippen molar-refractivity contribution in [3.8, 4) is 11.5 Å². The molecule has 0 aromatic heterocycles. The summed E-state index contributed by atoms with van der Waals surface area (Å²) in [6, 6.07) is 22.9. The molecule has 176 valence electrons. The Morgan fingerprint density at radius 2 is 0.917 bits per heavy atom. The van der Waals surface area contributed by atoms with E-state index in [0.29, 0.717) is 11.1 Å². The Kier molecular flexibility index (Phi) is 5.78. The third kappa shape index (κ3) is 3.88. The van der Waals surface area contributed by atoms with Gasteiger partial charge in [-0.2, -0.15) is 0 Å². The normalized spacial score (nSPS) is 11.9. The van der Waals surface area contributed by atoms with Crippen molar-refractivity contribution in [1.82, 2.24) is 0 Å². The largest absolute Gasteiger partial charge is 0.422 e. The molecule has 0 spiro atoms. The molecule has 36 heavy (non-hydrogen) atoms. The van der Waals surface area contributed by atoms with Crippen LogP contribution in [0.25, 0.3) is 0 Å². The standard InChI is InChI=1S/C30H20O6/c1-17-9-3-5-11-19(17)29(33)35-23-15-7-13-21-25(23)27(31)22-14-8-16-24(26(22)28(21)32)36-30(34)20-12-6-4-10-18(20)2/h3-16H,1-2H3. The minimum Gasteiger partial charge on any atom is -0.422 e. The maximum absolute atomic E-state index is 13.5. The molecule has 6 heteroatoms. The summed E-state index contributed by atoms with van der Waals surface area (Å²) in [6.07, 6.45) is 0. The minimum atomic E-state index is -0.631. The van der Waals surface area contributed by atoms with Crippen LogP contribution in [0.5, 0.6) is 11.5 Å². The highest BCUT2D eigenvalue weighted by Gasteiger charge is 2.35. The molecule has 5 rings (SSSR count). The lowest BCUT2D eigenvalue weighted by molar-refractivity contribution is 0.0717. The number of rotatable bonds is 4. The first kappa shape index (κ1) is 22.9. The van der Waals surface area contributed by atoms with Crippen LogP contribution in [0.15, 0.2) is 84.9 Å². The molecule has 0 atom stereocenters. The molecule has 0 heterocycles. The van der Waals surface area contributed by atoms with Crippen molar-refractivity contribution in [2.45, 2.75) is 13.8 Å². The lowest BCUT2D eigenvalue weighted by atomic mass is 9.83. The zero-order valence-corrected chi connectivity index (χ0v) is 19.5. The van der Waals surface area contributed by atoms with E-state index in [9.17, 15) is 19.2 Å². The van der Waals surface area contributed by atoms with Gasteiger partial charge in [0.15, 0.2) is 11.6 Å². The molecule has 1 aliphatic carbocycles. The zero-order valence-electron chi connectivity index (χ0n) is 19.5. The number of hydrogen-bond acceptors (Lipinski definition) is 6. The number of benzene rings is 4. The van der Waals surface area contributed by atoms with Gasteiger partial charge in [-0.1, -0.05) is 60.7 Å². The minimum absolute atomic E-state index is 0.000635. The molecule has 4 aromatic rings. The molecule has 6 nitrogen and oxygen atoms in total. The first-order chi connectivity index (χ1) is 17.4. The highest BCUT2D eigenvalue weighted by Crippen LogP contribution is 2.37. The van der Waals surface area contributed by atoms with Gasteiger partial charge >= 0.3 is 11.9 Å². The number of ether oxygens (including phenoxy) is 2. The molecule has 0 fully saturated rings. The summed E-state index contributed by atoms with van der Waals surface area (Å²) in [5.74, 6) is -2.27. The number of ketones is 2. The van der Waals surface area contributed by atoms with Gasteiger partial charge in [-0.25, -0.2) is 9.59 Å². The van der Waals surface area contributed by atoms with Gasteiger partial charge in [0, 0.05) is 11.1 Å². The smallest absolute Gasteiger partial charge is 0.343 e. The van der Waals surface area contributed by atoms with Crippen molar-refractivity contribution in [3.63, 3.8) is 0 Å². The molecule has 0 radical (unpaired) electrons. The lowest BCUT2D eigenvalue weighted by Crippen LogP contribution is -2.24. The average Bonchev–Trinajstić information content (AvgIpc) is 2.87. The predicted molar refractivity (Wildman–Crippen MR) is 132 cm³/mol. The monoisotopic (exact) mass is 476 g/mol. The predicted octanol–water partition coefficient (Wildman–Crippen LogP) is 5.52. The maximum Gasteiger partial charge on any atom is 0.343 e. The summed E-state index contributed by atoms with van der Waals surface area (Å²) in [7, 11) is 0. The van der Waals surface area contributed by atoms with Crippen molar-refractivity contribution in [3.05, 3.63) is 129 Å². The highest BCUT2D eigenvalue weighted by atomic mass is 16.5. The third-order valence-electron chi connectivity index (χ3n) is 6.13. The van der Waals surface area contributed by atoms with E-state index >= 15 is 0 Å². The van der Waals surface area contributed by atoms with Crippen LogP contribution in [0, 0.1) is 13.8 Å². The van der Waals surface area contributed by atoms with Gasteiger partial charge in [0.25, 0.3) is 0 Å². The Morgan fingerprint density at radius 3 is 1.31 bits per heavy atom. The van der Waals surface area contributed by atoms with Crippen molar-refractivity contribution in [2.75, 3.05) is 0 Å². The van der Waals surface area contributed by atoms with Gasteiger partial charge in [-0.05, 0) is 49.2 Å². The van der Waals surface area contributed by atoms with Gasteiger partial charge in [-0.3, -0.25) is 9.59 Å². The molecule has 4 aromatic carbocycles. The number of hydrogen-bond donors (Lipinski definition) is 0. The summed E-state index contributed by atoms with van der Waals surface area (Å²) in [5, 5.41) is 0. The van der Waals surface area contributed by atoms with Crippen LogP contribution in [0.1, 0.15) is 63.7 Å². The van der Waals surface area contributed by atoms with E-state index in [-0.39, 0.29) is 33.8 Å². The molecule has 0 aliphatic heterocycles. The molecule has 1 aliphatic rings. The number of fused-ring (bicyclic) bond motifs is 2. The number of aryl methyl sites for hydroxylation is 2. The van der Waals surface area contributed by atoms with Gasteiger partial charge in [0.1, 0.15) is 11.5 Å². The fraction of sp³-hybridized carbons (Fsp3) is 0.0667. The second kappa shape index (κ2) is 9.07. The van der Waals surface area contributed by atoms with E-state index in [1.54, 1.807) is 62.4 Å². The zero-order chi connectivity index (χ0) is 25.4. The molecular formula is C30H20O6. The molecule has 0 unspecified atom stereocenters. The molecule has 0 bridgehead atoms. The van der Waals surface area contributed by atoms with Gasteiger partial charge < -0.3 is 9.47 Å². The summed E-state index contributed by atoms with van der Waals surface area (Å²) in [4.78, 5) is 52.7. The SMILES string of the molecule is Cc1ccccc1C(=O)Oc1cccc2c1C(=O)c1cccc(OC(=O)c3ccccc3C)c1C2=O. The van der Waals surface area contributed by atoms with Crippen LogP contribution in [0.3, 0.4) is 0 Å². The first-order valence-corrected chi connectivity index (χ1v) is 11.3. The fourth-order valence-corrected chi connectivity index (χ4v) is 4.26. The lowest BCUT2D eigenvalue weighted by Gasteiger charge is -2.21. The van der Waals surface area contributed by atoms with E-state index in [2.05, 4.69) is 0 Å².